The monoisotopic (exact) mass is 205 g/mol. The summed E-state index contributed by atoms with van der Waals surface area (Å²) in [6.07, 6.45) is 2.29. The molecule has 0 atom stereocenters. The molecule has 0 saturated carbocycles. The summed E-state index contributed by atoms with van der Waals surface area (Å²) in [7, 11) is 0. The van der Waals surface area contributed by atoms with Gasteiger partial charge in [0.15, 0.2) is 0 Å². The normalized spacial score (nSPS) is 9.60. The lowest BCUT2D eigenvalue weighted by Crippen LogP contribution is -1.97. The van der Waals surface area contributed by atoms with Gasteiger partial charge in [-0.15, -0.1) is 0 Å². The molecule has 0 aliphatic carbocycles. The number of hydrogen-bond donors (Lipinski definition) is 1. The third-order valence-corrected chi connectivity index (χ3v) is 1.99. The molecule has 80 valence electrons. The summed E-state index contributed by atoms with van der Waals surface area (Å²) < 4.78 is 5.44. The zero-order chi connectivity index (χ0) is 11.1. The van der Waals surface area contributed by atoms with Crippen molar-refractivity contribution < 1.29 is 9.84 Å². The zero-order valence-corrected chi connectivity index (χ0v) is 8.86. The number of aryl methyl sites for hydroxylation is 1. The van der Waals surface area contributed by atoms with Crippen LogP contribution < -0.4 is 4.74 Å². The molecule has 0 heterocycles. The summed E-state index contributed by atoms with van der Waals surface area (Å²) in [6.45, 7) is 2.49. The van der Waals surface area contributed by atoms with E-state index in [1.165, 1.54) is 0 Å². The van der Waals surface area contributed by atoms with Crippen LogP contribution >= 0.6 is 0 Å². The minimum Gasteiger partial charge on any atom is -0.508 e. The van der Waals surface area contributed by atoms with Crippen LogP contribution in [0.5, 0.6) is 11.5 Å². The second-order valence-corrected chi connectivity index (χ2v) is 3.47. The van der Waals surface area contributed by atoms with Crippen LogP contribution in [0.25, 0.3) is 0 Å². The SMILES string of the molecule is Cc1cc(O)cc(OCCCCC#N)c1. The van der Waals surface area contributed by atoms with Gasteiger partial charge in [-0.05, 0) is 37.5 Å². The van der Waals surface area contributed by atoms with E-state index in [0.717, 1.165) is 18.4 Å². The molecule has 0 saturated heterocycles. The van der Waals surface area contributed by atoms with Crippen LogP contribution in [0, 0.1) is 18.3 Å². The standard InChI is InChI=1S/C12H15NO2/c1-10-7-11(14)9-12(8-10)15-6-4-2-3-5-13/h7-9,14H,2-4,6H2,1H3. The third-order valence-electron chi connectivity index (χ3n) is 1.99. The Hall–Kier alpha value is -1.69. The molecule has 0 spiro atoms. The molecule has 0 fully saturated rings. The zero-order valence-electron chi connectivity index (χ0n) is 8.86. The Morgan fingerprint density at radius 2 is 2.13 bits per heavy atom. The molecular formula is C12H15NO2. The summed E-state index contributed by atoms with van der Waals surface area (Å²) in [6, 6.07) is 7.25. The lowest BCUT2D eigenvalue weighted by molar-refractivity contribution is 0.305. The van der Waals surface area contributed by atoms with Gasteiger partial charge in [-0.25, -0.2) is 0 Å². The maximum absolute atomic E-state index is 9.31. The Labute approximate surface area is 89.9 Å². The van der Waals surface area contributed by atoms with E-state index in [0.29, 0.717) is 18.8 Å². The second kappa shape index (κ2) is 5.92. The van der Waals surface area contributed by atoms with Gasteiger partial charge in [0.25, 0.3) is 0 Å². The quantitative estimate of drug-likeness (QED) is 0.752. The van der Waals surface area contributed by atoms with E-state index in [1.807, 2.05) is 13.0 Å². The molecule has 3 nitrogen and oxygen atoms in total. The number of hydrogen-bond acceptors (Lipinski definition) is 3. The van der Waals surface area contributed by atoms with Gasteiger partial charge >= 0.3 is 0 Å². The summed E-state index contributed by atoms with van der Waals surface area (Å²) >= 11 is 0. The Morgan fingerprint density at radius 1 is 1.33 bits per heavy atom. The molecule has 0 aromatic heterocycles. The molecule has 0 amide bonds. The first-order valence-corrected chi connectivity index (χ1v) is 5.03. The largest absolute Gasteiger partial charge is 0.508 e. The number of phenols is 1. The van der Waals surface area contributed by atoms with E-state index >= 15 is 0 Å². The van der Waals surface area contributed by atoms with Crippen LogP contribution in [0.2, 0.25) is 0 Å². The molecule has 0 aliphatic heterocycles. The van der Waals surface area contributed by atoms with Crippen molar-refractivity contribution in [1.82, 2.24) is 0 Å². The number of aromatic hydroxyl groups is 1. The van der Waals surface area contributed by atoms with Crippen molar-refractivity contribution in [2.75, 3.05) is 6.61 Å². The van der Waals surface area contributed by atoms with E-state index < -0.39 is 0 Å². The summed E-state index contributed by atoms with van der Waals surface area (Å²) in [5.74, 6) is 0.909. The maximum atomic E-state index is 9.31. The number of rotatable bonds is 5. The highest BCUT2D eigenvalue weighted by Gasteiger charge is 1.98. The summed E-state index contributed by atoms with van der Waals surface area (Å²) in [4.78, 5) is 0. The first kappa shape index (κ1) is 11.4. The molecular weight excluding hydrogens is 190 g/mol. The number of ether oxygens (including phenoxy) is 1. The fraction of sp³-hybridized carbons (Fsp3) is 0.417. The van der Waals surface area contributed by atoms with Gasteiger partial charge in [-0.2, -0.15) is 5.26 Å². The molecule has 1 N–H and O–H groups in total. The molecule has 0 unspecified atom stereocenters. The van der Waals surface area contributed by atoms with E-state index in [2.05, 4.69) is 6.07 Å². The van der Waals surface area contributed by atoms with Crippen molar-refractivity contribution >= 4 is 0 Å². The molecule has 15 heavy (non-hydrogen) atoms. The van der Waals surface area contributed by atoms with E-state index in [1.54, 1.807) is 12.1 Å². The molecule has 3 heteroatoms. The van der Waals surface area contributed by atoms with Crippen molar-refractivity contribution in [2.45, 2.75) is 26.2 Å². The van der Waals surface area contributed by atoms with Gasteiger partial charge in [-0.1, -0.05) is 0 Å². The average molecular weight is 205 g/mol. The van der Waals surface area contributed by atoms with Crippen LogP contribution in [0.15, 0.2) is 18.2 Å². The highest BCUT2D eigenvalue weighted by atomic mass is 16.5. The van der Waals surface area contributed by atoms with Gasteiger partial charge in [0.1, 0.15) is 11.5 Å². The Balaban J connectivity index is 2.34. The van der Waals surface area contributed by atoms with Crippen LogP contribution in [0.1, 0.15) is 24.8 Å². The van der Waals surface area contributed by atoms with Crippen molar-refractivity contribution in [2.24, 2.45) is 0 Å². The predicted octanol–water partition coefficient (Wildman–Crippen LogP) is 2.77. The minimum absolute atomic E-state index is 0.224. The Kier molecular flexibility index (Phi) is 4.49. The molecule has 0 aliphatic rings. The number of unbranched alkanes of at least 4 members (excludes halogenated alkanes) is 2. The predicted molar refractivity (Wildman–Crippen MR) is 57.8 cm³/mol. The van der Waals surface area contributed by atoms with Gasteiger partial charge in [-0.3, -0.25) is 0 Å². The second-order valence-electron chi connectivity index (χ2n) is 3.47. The summed E-state index contributed by atoms with van der Waals surface area (Å²) in [5.41, 5.74) is 0.974. The van der Waals surface area contributed by atoms with Crippen LogP contribution in [0.3, 0.4) is 0 Å². The van der Waals surface area contributed by atoms with E-state index in [-0.39, 0.29) is 5.75 Å². The van der Waals surface area contributed by atoms with Gasteiger partial charge in [0, 0.05) is 12.5 Å². The van der Waals surface area contributed by atoms with Crippen LogP contribution in [0.4, 0.5) is 0 Å². The number of nitrogens with zero attached hydrogens (tertiary/aromatic N) is 1. The first-order valence-electron chi connectivity index (χ1n) is 5.03. The topological polar surface area (TPSA) is 53.2 Å². The third kappa shape index (κ3) is 4.37. The Bertz CT molecular complexity index is 335. The lowest BCUT2D eigenvalue weighted by Gasteiger charge is -2.06. The minimum atomic E-state index is 0.224. The lowest BCUT2D eigenvalue weighted by atomic mass is 10.2. The van der Waals surface area contributed by atoms with E-state index in [9.17, 15) is 5.11 Å². The molecule has 1 aromatic rings. The smallest absolute Gasteiger partial charge is 0.123 e. The van der Waals surface area contributed by atoms with E-state index in [4.69, 9.17) is 10.00 Å². The molecule has 1 rings (SSSR count). The fourth-order valence-corrected chi connectivity index (χ4v) is 1.31. The van der Waals surface area contributed by atoms with Crippen molar-refractivity contribution in [3.63, 3.8) is 0 Å². The van der Waals surface area contributed by atoms with Crippen LogP contribution in [-0.2, 0) is 0 Å². The van der Waals surface area contributed by atoms with Crippen molar-refractivity contribution in [1.29, 1.82) is 5.26 Å². The van der Waals surface area contributed by atoms with Crippen molar-refractivity contribution in [3.05, 3.63) is 23.8 Å². The van der Waals surface area contributed by atoms with Crippen LogP contribution in [-0.4, -0.2) is 11.7 Å². The fourth-order valence-electron chi connectivity index (χ4n) is 1.31. The summed E-state index contributed by atoms with van der Waals surface area (Å²) in [5, 5.41) is 17.6. The molecule has 0 radical (unpaired) electrons. The molecule has 0 bridgehead atoms. The number of benzene rings is 1. The van der Waals surface area contributed by atoms with Gasteiger partial charge in [0.2, 0.25) is 0 Å². The number of phenolic OH excluding ortho intramolecular Hbond substituents is 1. The maximum Gasteiger partial charge on any atom is 0.123 e. The van der Waals surface area contributed by atoms with Crippen molar-refractivity contribution in [3.8, 4) is 17.6 Å². The first-order chi connectivity index (χ1) is 7.22. The highest BCUT2D eigenvalue weighted by Crippen LogP contribution is 2.21. The average Bonchev–Trinajstić information content (AvgIpc) is 2.16. The molecule has 1 aromatic carbocycles. The van der Waals surface area contributed by atoms with Gasteiger partial charge in [0.05, 0.1) is 12.7 Å². The number of nitriles is 1. The highest BCUT2D eigenvalue weighted by molar-refractivity contribution is 5.36. The Morgan fingerprint density at radius 3 is 2.80 bits per heavy atom. The van der Waals surface area contributed by atoms with Gasteiger partial charge < -0.3 is 9.84 Å².